The zero-order valence-electron chi connectivity index (χ0n) is 15.0. The van der Waals surface area contributed by atoms with Gasteiger partial charge in [0.1, 0.15) is 25.4 Å². The van der Waals surface area contributed by atoms with Gasteiger partial charge in [0.15, 0.2) is 11.5 Å². The van der Waals surface area contributed by atoms with Crippen molar-refractivity contribution in [3.63, 3.8) is 0 Å². The maximum absolute atomic E-state index is 12.4. The monoisotopic (exact) mass is 366 g/mol. The van der Waals surface area contributed by atoms with Crippen LogP contribution in [0.2, 0.25) is 0 Å². The predicted molar refractivity (Wildman–Crippen MR) is 98.5 cm³/mol. The van der Waals surface area contributed by atoms with Gasteiger partial charge in [-0.15, -0.1) is 0 Å². The fourth-order valence-electron chi connectivity index (χ4n) is 3.04. The van der Waals surface area contributed by atoms with Gasteiger partial charge in [0.2, 0.25) is 0 Å². The van der Waals surface area contributed by atoms with Crippen LogP contribution in [0.25, 0.3) is 11.0 Å². The molecule has 0 amide bonds. The molecule has 0 fully saturated rings. The van der Waals surface area contributed by atoms with E-state index < -0.39 is 11.6 Å². The molecule has 0 unspecified atom stereocenters. The molecule has 2 heterocycles. The number of carbonyl (C=O) groups excluding carboxylic acids is 1. The quantitative estimate of drug-likeness (QED) is 0.521. The highest BCUT2D eigenvalue weighted by molar-refractivity contribution is 5.90. The number of carbonyl (C=O) groups is 1. The molecule has 1 aromatic heterocycles. The van der Waals surface area contributed by atoms with E-state index in [2.05, 4.69) is 0 Å². The third-order valence-corrected chi connectivity index (χ3v) is 4.65. The van der Waals surface area contributed by atoms with Gasteiger partial charge in [0, 0.05) is 17.0 Å². The lowest BCUT2D eigenvalue weighted by atomic mass is 10.0. The number of esters is 1. The third kappa shape index (κ3) is 3.26. The first-order valence-corrected chi connectivity index (χ1v) is 8.62. The number of hydrogen-bond acceptors (Lipinski definition) is 6. The number of benzene rings is 2. The molecule has 0 bridgehead atoms. The number of hydrogen-bond donors (Lipinski definition) is 0. The van der Waals surface area contributed by atoms with E-state index in [9.17, 15) is 9.59 Å². The Balaban J connectivity index is 1.59. The van der Waals surface area contributed by atoms with E-state index in [0.29, 0.717) is 41.4 Å². The van der Waals surface area contributed by atoms with E-state index in [1.807, 2.05) is 26.0 Å². The molecule has 3 aromatic rings. The van der Waals surface area contributed by atoms with Crippen LogP contribution in [0.4, 0.5) is 0 Å². The first-order valence-electron chi connectivity index (χ1n) is 8.62. The highest BCUT2D eigenvalue weighted by Gasteiger charge is 2.17. The summed E-state index contributed by atoms with van der Waals surface area (Å²) >= 11 is 0. The molecule has 0 N–H and O–H groups in total. The van der Waals surface area contributed by atoms with Crippen LogP contribution in [0.1, 0.15) is 27.0 Å². The van der Waals surface area contributed by atoms with Gasteiger partial charge < -0.3 is 18.6 Å². The van der Waals surface area contributed by atoms with Gasteiger partial charge in [-0.3, -0.25) is 0 Å². The van der Waals surface area contributed by atoms with Crippen LogP contribution in [0.5, 0.6) is 11.5 Å². The standard InChI is InChI=1S/C21H18O6/c1-12-3-5-16-15(10-19(22)27-20(16)13(12)2)11-26-21(23)14-4-6-17-18(9-14)25-8-7-24-17/h3-6,9-10H,7-8,11H2,1-2H3. The van der Waals surface area contributed by atoms with Crippen molar-refractivity contribution >= 4 is 16.9 Å². The van der Waals surface area contributed by atoms with Crippen molar-refractivity contribution in [1.82, 2.24) is 0 Å². The molecule has 1 aliphatic heterocycles. The molecule has 6 heteroatoms. The Labute approximate surface area is 155 Å². The second-order valence-electron chi connectivity index (χ2n) is 6.41. The van der Waals surface area contributed by atoms with Crippen LogP contribution < -0.4 is 15.1 Å². The Kier molecular flexibility index (Phi) is 4.32. The molecule has 0 saturated carbocycles. The first-order chi connectivity index (χ1) is 13.0. The summed E-state index contributed by atoms with van der Waals surface area (Å²) in [5.41, 5.74) is 2.93. The van der Waals surface area contributed by atoms with E-state index in [0.717, 1.165) is 16.5 Å². The fraction of sp³-hybridized carbons (Fsp3) is 0.238. The average Bonchev–Trinajstić information content (AvgIpc) is 2.68. The largest absolute Gasteiger partial charge is 0.486 e. The summed E-state index contributed by atoms with van der Waals surface area (Å²) in [5, 5.41) is 0.757. The van der Waals surface area contributed by atoms with E-state index in [-0.39, 0.29) is 6.61 Å². The third-order valence-electron chi connectivity index (χ3n) is 4.65. The first kappa shape index (κ1) is 17.1. The Hall–Kier alpha value is -3.28. The number of aryl methyl sites for hydroxylation is 2. The second kappa shape index (κ2) is 6.79. The Morgan fingerprint density at radius 3 is 2.63 bits per heavy atom. The molecule has 2 aromatic carbocycles. The zero-order valence-corrected chi connectivity index (χ0v) is 15.0. The van der Waals surface area contributed by atoms with Crippen molar-refractivity contribution in [2.75, 3.05) is 13.2 Å². The average molecular weight is 366 g/mol. The van der Waals surface area contributed by atoms with E-state index in [1.54, 1.807) is 18.2 Å². The molecule has 0 spiro atoms. The highest BCUT2D eigenvalue weighted by Crippen LogP contribution is 2.31. The highest BCUT2D eigenvalue weighted by atomic mass is 16.6. The normalized spacial score (nSPS) is 12.8. The molecule has 1 aliphatic rings. The molecular weight excluding hydrogens is 348 g/mol. The van der Waals surface area contributed by atoms with Gasteiger partial charge in [0.05, 0.1) is 5.56 Å². The summed E-state index contributed by atoms with van der Waals surface area (Å²) in [5.74, 6) is 0.625. The molecule has 138 valence electrons. The summed E-state index contributed by atoms with van der Waals surface area (Å²) in [4.78, 5) is 24.3. The molecule has 0 radical (unpaired) electrons. The summed E-state index contributed by atoms with van der Waals surface area (Å²) in [6.07, 6.45) is 0. The van der Waals surface area contributed by atoms with Crippen molar-refractivity contribution in [2.45, 2.75) is 20.5 Å². The molecule has 0 atom stereocenters. The minimum Gasteiger partial charge on any atom is -0.486 e. The Bertz CT molecular complexity index is 1100. The lowest BCUT2D eigenvalue weighted by Gasteiger charge is -2.18. The van der Waals surface area contributed by atoms with Crippen molar-refractivity contribution in [2.24, 2.45) is 0 Å². The molecule has 4 rings (SSSR count). The zero-order chi connectivity index (χ0) is 19.0. The van der Waals surface area contributed by atoms with Crippen molar-refractivity contribution < 1.29 is 23.4 Å². The summed E-state index contributed by atoms with van der Waals surface area (Å²) in [7, 11) is 0. The van der Waals surface area contributed by atoms with E-state index in [1.165, 1.54) is 6.07 Å². The van der Waals surface area contributed by atoms with Crippen LogP contribution >= 0.6 is 0 Å². The molecule has 6 nitrogen and oxygen atoms in total. The SMILES string of the molecule is Cc1ccc2c(COC(=O)c3ccc4c(c3)OCCO4)cc(=O)oc2c1C. The Morgan fingerprint density at radius 1 is 1.04 bits per heavy atom. The molecule has 0 aliphatic carbocycles. The number of rotatable bonds is 3. The summed E-state index contributed by atoms with van der Waals surface area (Å²) in [6.45, 7) is 4.74. The van der Waals surface area contributed by atoms with Gasteiger partial charge in [-0.1, -0.05) is 12.1 Å². The topological polar surface area (TPSA) is 75.0 Å². The van der Waals surface area contributed by atoms with Crippen LogP contribution in [0.15, 0.2) is 45.6 Å². The molecule has 27 heavy (non-hydrogen) atoms. The van der Waals surface area contributed by atoms with Crippen LogP contribution in [-0.2, 0) is 11.3 Å². The molecular formula is C21H18O6. The van der Waals surface area contributed by atoms with Crippen molar-refractivity contribution in [3.05, 3.63) is 69.1 Å². The van der Waals surface area contributed by atoms with Gasteiger partial charge in [-0.2, -0.15) is 0 Å². The maximum atomic E-state index is 12.4. The lowest BCUT2D eigenvalue weighted by Crippen LogP contribution is -2.16. The lowest BCUT2D eigenvalue weighted by molar-refractivity contribution is 0.0473. The number of fused-ring (bicyclic) bond motifs is 2. The maximum Gasteiger partial charge on any atom is 0.338 e. The van der Waals surface area contributed by atoms with Crippen molar-refractivity contribution in [1.29, 1.82) is 0 Å². The predicted octanol–water partition coefficient (Wildman–Crippen LogP) is 3.54. The van der Waals surface area contributed by atoms with Gasteiger partial charge in [-0.05, 0) is 43.2 Å². The van der Waals surface area contributed by atoms with E-state index >= 15 is 0 Å². The van der Waals surface area contributed by atoms with Crippen molar-refractivity contribution in [3.8, 4) is 11.5 Å². The number of ether oxygens (including phenoxy) is 3. The van der Waals surface area contributed by atoms with E-state index in [4.69, 9.17) is 18.6 Å². The van der Waals surface area contributed by atoms with Gasteiger partial charge in [-0.25, -0.2) is 9.59 Å². The summed E-state index contributed by atoms with van der Waals surface area (Å²) in [6, 6.07) is 10.1. The van der Waals surface area contributed by atoms with Gasteiger partial charge in [0.25, 0.3) is 0 Å². The minimum atomic E-state index is -0.503. The van der Waals surface area contributed by atoms with Crippen LogP contribution in [-0.4, -0.2) is 19.2 Å². The van der Waals surface area contributed by atoms with Crippen LogP contribution in [0.3, 0.4) is 0 Å². The second-order valence-corrected chi connectivity index (χ2v) is 6.41. The van der Waals surface area contributed by atoms with Crippen LogP contribution in [0, 0.1) is 13.8 Å². The summed E-state index contributed by atoms with van der Waals surface area (Å²) < 4.78 is 21.7. The fourth-order valence-corrected chi connectivity index (χ4v) is 3.04. The van der Waals surface area contributed by atoms with Gasteiger partial charge >= 0.3 is 11.6 Å². The smallest absolute Gasteiger partial charge is 0.338 e. The molecule has 0 saturated heterocycles. The minimum absolute atomic E-state index is 0.0299. The Morgan fingerprint density at radius 2 is 1.81 bits per heavy atom.